The van der Waals surface area contributed by atoms with Crippen LogP contribution in [0.5, 0.6) is 5.75 Å². The number of aryl methyl sites for hydroxylation is 1. The zero-order valence-electron chi connectivity index (χ0n) is 17.0. The zero-order chi connectivity index (χ0) is 20.1. The van der Waals surface area contributed by atoms with E-state index in [0.29, 0.717) is 5.75 Å². The Kier molecular flexibility index (Phi) is 4.10. The molecule has 5 rings (SSSR count). The highest BCUT2D eigenvalue weighted by molar-refractivity contribution is 6.23. The van der Waals surface area contributed by atoms with E-state index in [1.807, 2.05) is 12.1 Å². The molecule has 2 N–H and O–H groups in total. The van der Waals surface area contributed by atoms with E-state index in [1.54, 1.807) is 0 Å². The van der Waals surface area contributed by atoms with Gasteiger partial charge in [0.05, 0.1) is 5.52 Å². The van der Waals surface area contributed by atoms with Gasteiger partial charge in [0.1, 0.15) is 5.75 Å². The Balaban J connectivity index is 1.82. The van der Waals surface area contributed by atoms with Gasteiger partial charge in [0.25, 0.3) is 0 Å². The molecule has 0 amide bonds. The number of H-pyrrole nitrogens is 1. The molecule has 0 saturated carbocycles. The van der Waals surface area contributed by atoms with Crippen molar-refractivity contribution in [2.24, 2.45) is 7.05 Å². The molecule has 4 heteroatoms. The van der Waals surface area contributed by atoms with Crippen molar-refractivity contribution in [2.45, 2.75) is 6.42 Å². The summed E-state index contributed by atoms with van der Waals surface area (Å²) in [7, 11) is 6.23. The van der Waals surface area contributed by atoms with Gasteiger partial charge >= 0.3 is 0 Å². The van der Waals surface area contributed by atoms with Gasteiger partial charge in [-0.1, -0.05) is 30.3 Å². The van der Waals surface area contributed by atoms with Crippen LogP contribution in [0.1, 0.15) is 5.56 Å². The molecule has 0 bridgehead atoms. The molecule has 2 heterocycles. The highest BCUT2D eigenvalue weighted by Crippen LogP contribution is 2.41. The van der Waals surface area contributed by atoms with Gasteiger partial charge < -0.3 is 19.6 Å². The third-order valence-electron chi connectivity index (χ3n) is 5.94. The largest absolute Gasteiger partial charge is 0.508 e. The second kappa shape index (κ2) is 6.68. The van der Waals surface area contributed by atoms with Crippen molar-refractivity contribution < 1.29 is 5.11 Å². The average molecular weight is 383 g/mol. The molecule has 2 aromatic heterocycles. The van der Waals surface area contributed by atoms with Gasteiger partial charge in [-0.3, -0.25) is 0 Å². The van der Waals surface area contributed by atoms with Crippen LogP contribution in [0.4, 0.5) is 0 Å². The maximum absolute atomic E-state index is 10.7. The average Bonchev–Trinajstić information content (AvgIpc) is 3.30. The fourth-order valence-electron chi connectivity index (χ4n) is 4.39. The molecule has 0 atom stereocenters. The van der Waals surface area contributed by atoms with E-state index in [1.165, 1.54) is 32.8 Å². The van der Waals surface area contributed by atoms with Gasteiger partial charge in [-0.05, 0) is 55.4 Å². The van der Waals surface area contributed by atoms with Crippen LogP contribution in [0.15, 0.2) is 60.9 Å². The van der Waals surface area contributed by atoms with Crippen molar-refractivity contribution in [3.63, 3.8) is 0 Å². The first-order valence-electron chi connectivity index (χ1n) is 9.98. The van der Waals surface area contributed by atoms with E-state index < -0.39 is 0 Å². The van der Waals surface area contributed by atoms with Crippen LogP contribution in [0, 0.1) is 0 Å². The minimum atomic E-state index is 0.377. The number of nitrogens with zero attached hydrogens (tertiary/aromatic N) is 2. The van der Waals surface area contributed by atoms with E-state index in [4.69, 9.17) is 0 Å². The third kappa shape index (κ3) is 2.79. The summed E-state index contributed by atoms with van der Waals surface area (Å²) in [5, 5.41) is 15.4. The Labute approximate surface area is 170 Å². The van der Waals surface area contributed by atoms with E-state index in [9.17, 15) is 5.11 Å². The molecule has 3 aromatic carbocycles. The Hall–Kier alpha value is -3.24. The van der Waals surface area contributed by atoms with E-state index in [2.05, 4.69) is 84.4 Å². The molecule has 0 fully saturated rings. The first-order valence-corrected chi connectivity index (χ1v) is 9.98. The van der Waals surface area contributed by atoms with Gasteiger partial charge in [-0.2, -0.15) is 0 Å². The molecular formula is C25H25N3O. The monoisotopic (exact) mass is 383 g/mol. The van der Waals surface area contributed by atoms with Crippen molar-refractivity contribution in [3.8, 4) is 16.9 Å². The van der Waals surface area contributed by atoms with Gasteiger partial charge in [-0.25, -0.2) is 0 Å². The third-order valence-corrected chi connectivity index (χ3v) is 5.94. The molecule has 0 radical (unpaired) electrons. The highest BCUT2D eigenvalue weighted by atomic mass is 16.3. The molecule has 0 aliphatic heterocycles. The van der Waals surface area contributed by atoms with Gasteiger partial charge in [-0.15, -0.1) is 0 Å². The molecule has 0 saturated heterocycles. The van der Waals surface area contributed by atoms with E-state index in [0.717, 1.165) is 29.4 Å². The second-order valence-corrected chi connectivity index (χ2v) is 8.08. The molecule has 0 aliphatic rings. The summed E-state index contributed by atoms with van der Waals surface area (Å²) >= 11 is 0. The molecule has 0 unspecified atom stereocenters. The summed E-state index contributed by atoms with van der Waals surface area (Å²) in [5.74, 6) is 0.377. The summed E-state index contributed by atoms with van der Waals surface area (Å²) in [5.41, 5.74) is 5.75. The number of aromatic hydroxyl groups is 1. The van der Waals surface area contributed by atoms with Crippen LogP contribution in [0.25, 0.3) is 43.7 Å². The molecule has 5 aromatic rings. The topological polar surface area (TPSA) is 44.2 Å². The summed E-state index contributed by atoms with van der Waals surface area (Å²) in [6.45, 7) is 0.906. The van der Waals surface area contributed by atoms with Gasteiger partial charge in [0.15, 0.2) is 0 Å². The number of phenols is 1. The number of rotatable bonds is 4. The lowest BCUT2D eigenvalue weighted by molar-refractivity contribution is 0.406. The second-order valence-electron chi connectivity index (χ2n) is 8.08. The number of fused-ring (bicyclic) bond motifs is 5. The summed E-state index contributed by atoms with van der Waals surface area (Å²) < 4.78 is 2.25. The minimum Gasteiger partial charge on any atom is -0.508 e. The lowest BCUT2D eigenvalue weighted by Gasteiger charge is -2.11. The number of aromatic nitrogens is 2. The molecule has 4 nitrogen and oxygen atoms in total. The van der Waals surface area contributed by atoms with Crippen molar-refractivity contribution in [1.29, 1.82) is 0 Å². The molecule has 0 spiro atoms. The van der Waals surface area contributed by atoms with Crippen LogP contribution >= 0.6 is 0 Å². The molecule has 146 valence electrons. The first-order chi connectivity index (χ1) is 14.0. The lowest BCUT2D eigenvalue weighted by atomic mass is 9.97. The van der Waals surface area contributed by atoms with Crippen LogP contribution in [-0.2, 0) is 13.5 Å². The number of benzene rings is 3. The van der Waals surface area contributed by atoms with Crippen molar-refractivity contribution in [3.05, 3.63) is 66.5 Å². The van der Waals surface area contributed by atoms with E-state index >= 15 is 0 Å². The fraction of sp³-hybridized carbons (Fsp3) is 0.200. The van der Waals surface area contributed by atoms with Crippen molar-refractivity contribution in [1.82, 2.24) is 14.5 Å². The maximum atomic E-state index is 10.7. The number of likely N-dealkylation sites (N-methyl/N-ethyl adjacent to an activating group) is 1. The first kappa shape index (κ1) is 17.8. The lowest BCUT2D eigenvalue weighted by Crippen LogP contribution is -2.15. The summed E-state index contributed by atoms with van der Waals surface area (Å²) in [4.78, 5) is 5.43. The number of phenolic OH excluding ortho intramolecular Hbond substituents is 1. The normalized spacial score (nSPS) is 12.0. The Morgan fingerprint density at radius 1 is 0.931 bits per heavy atom. The van der Waals surface area contributed by atoms with Crippen LogP contribution in [0.2, 0.25) is 0 Å². The Morgan fingerprint density at radius 3 is 2.45 bits per heavy atom. The molecule has 29 heavy (non-hydrogen) atoms. The smallest absolute Gasteiger partial charge is 0.119 e. The molecule has 0 aliphatic carbocycles. The van der Waals surface area contributed by atoms with Gasteiger partial charge in [0.2, 0.25) is 0 Å². The van der Waals surface area contributed by atoms with Crippen molar-refractivity contribution >= 4 is 32.6 Å². The number of hydrogen-bond donors (Lipinski definition) is 2. The quantitative estimate of drug-likeness (QED) is 0.443. The Morgan fingerprint density at radius 2 is 1.69 bits per heavy atom. The van der Waals surface area contributed by atoms with Crippen LogP contribution in [0.3, 0.4) is 0 Å². The minimum absolute atomic E-state index is 0.377. The zero-order valence-corrected chi connectivity index (χ0v) is 17.0. The number of nitrogens with one attached hydrogen (secondary N) is 1. The summed E-state index contributed by atoms with van der Waals surface area (Å²) in [6, 6.07) is 16.9. The highest BCUT2D eigenvalue weighted by Gasteiger charge is 2.17. The fourth-order valence-corrected chi connectivity index (χ4v) is 4.39. The predicted molar refractivity (Wildman–Crippen MR) is 122 cm³/mol. The van der Waals surface area contributed by atoms with Crippen LogP contribution < -0.4 is 0 Å². The van der Waals surface area contributed by atoms with E-state index in [-0.39, 0.29) is 0 Å². The number of aromatic amines is 1. The SMILES string of the molecule is CN(C)CCc1cc2c(cc1O)c1c3c[nH]cc3c(-c3ccccc3)cc1n2C. The standard InChI is InChI=1S/C25H25N3O/c1-27(2)10-9-17-11-22-19(13-24(17)29)25-21-15-26-14-20(21)18(12-23(25)28(22)3)16-7-5-4-6-8-16/h4-8,11-15,26,29H,9-10H2,1-3H3. The van der Waals surface area contributed by atoms with Gasteiger partial charge in [0, 0.05) is 53.0 Å². The maximum Gasteiger partial charge on any atom is 0.119 e. The van der Waals surface area contributed by atoms with Crippen molar-refractivity contribution in [2.75, 3.05) is 20.6 Å². The molecular weight excluding hydrogens is 358 g/mol. The van der Waals surface area contributed by atoms with Crippen LogP contribution in [-0.4, -0.2) is 40.2 Å². The predicted octanol–water partition coefficient (Wildman–Crippen LogP) is 5.29. The summed E-state index contributed by atoms with van der Waals surface area (Å²) in [6.07, 6.45) is 4.97. The number of hydrogen-bond acceptors (Lipinski definition) is 2. The Bertz CT molecular complexity index is 1340.